The molecule has 3 atom stereocenters. The minimum absolute atomic E-state index is 0.0396. The topological polar surface area (TPSA) is 46.2 Å². The molecular formula is C14H25NO2S. The van der Waals surface area contributed by atoms with Crippen LogP contribution in [0.15, 0.2) is 11.5 Å². The second-order valence-electron chi connectivity index (χ2n) is 6.29. The van der Waals surface area contributed by atoms with Crippen LogP contribution in [0.2, 0.25) is 0 Å². The van der Waals surface area contributed by atoms with Crippen LogP contribution < -0.4 is 5.32 Å². The number of sulfone groups is 1. The van der Waals surface area contributed by atoms with E-state index in [1.165, 1.54) is 37.5 Å². The summed E-state index contributed by atoms with van der Waals surface area (Å²) >= 11 is 0. The van der Waals surface area contributed by atoms with Crippen molar-refractivity contribution in [1.82, 2.24) is 5.32 Å². The Morgan fingerprint density at radius 1 is 1.33 bits per heavy atom. The van der Waals surface area contributed by atoms with Gasteiger partial charge in [-0.1, -0.05) is 32.8 Å². The fourth-order valence-corrected chi connectivity index (χ4v) is 4.55. The summed E-state index contributed by atoms with van der Waals surface area (Å²) in [5.74, 6) is 1.83. The molecule has 1 aliphatic carbocycles. The predicted octanol–water partition coefficient (Wildman–Crippen LogP) is 2.49. The van der Waals surface area contributed by atoms with Crippen molar-refractivity contribution in [1.29, 1.82) is 0 Å². The Hall–Kier alpha value is -0.350. The molecular weight excluding hydrogens is 246 g/mol. The van der Waals surface area contributed by atoms with Crippen LogP contribution in [-0.4, -0.2) is 26.3 Å². The van der Waals surface area contributed by atoms with Crippen molar-refractivity contribution in [3.8, 4) is 0 Å². The fraction of sp³-hybridized carbons (Fsp3) is 0.857. The first kappa shape index (κ1) is 14.1. The summed E-state index contributed by atoms with van der Waals surface area (Å²) in [7, 11) is -2.92. The van der Waals surface area contributed by atoms with Crippen molar-refractivity contribution >= 4 is 9.84 Å². The van der Waals surface area contributed by atoms with Crippen LogP contribution in [0.3, 0.4) is 0 Å². The number of hydrogen-bond acceptors (Lipinski definition) is 3. The highest BCUT2D eigenvalue weighted by molar-refractivity contribution is 7.94. The number of rotatable bonds is 4. The molecule has 3 nitrogen and oxygen atoms in total. The Morgan fingerprint density at radius 3 is 2.72 bits per heavy atom. The van der Waals surface area contributed by atoms with Gasteiger partial charge in [0.05, 0.1) is 5.75 Å². The van der Waals surface area contributed by atoms with Gasteiger partial charge in [0.1, 0.15) is 0 Å². The lowest BCUT2D eigenvalue weighted by atomic mass is 9.81. The van der Waals surface area contributed by atoms with Gasteiger partial charge < -0.3 is 5.32 Å². The van der Waals surface area contributed by atoms with Crippen molar-refractivity contribution < 1.29 is 8.42 Å². The van der Waals surface area contributed by atoms with E-state index < -0.39 is 9.84 Å². The fourth-order valence-electron chi connectivity index (χ4n) is 3.31. The highest BCUT2D eigenvalue weighted by Crippen LogP contribution is 2.29. The minimum Gasteiger partial charge on any atom is -0.307 e. The third-order valence-corrected chi connectivity index (χ3v) is 5.36. The average Bonchev–Trinajstić information content (AvgIpc) is 2.57. The summed E-state index contributed by atoms with van der Waals surface area (Å²) in [6, 6.07) is 0.545. The summed E-state index contributed by atoms with van der Waals surface area (Å²) in [5.41, 5.74) is 0. The van der Waals surface area contributed by atoms with Gasteiger partial charge in [-0.3, -0.25) is 0 Å². The molecule has 104 valence electrons. The molecule has 0 bridgehead atoms. The van der Waals surface area contributed by atoms with E-state index in [9.17, 15) is 8.42 Å². The molecule has 0 aromatic rings. The molecule has 0 radical (unpaired) electrons. The van der Waals surface area contributed by atoms with Crippen molar-refractivity contribution in [2.24, 2.45) is 11.8 Å². The lowest BCUT2D eigenvalue weighted by Crippen LogP contribution is -2.41. The Labute approximate surface area is 111 Å². The Bertz CT molecular complexity index is 400. The Balaban J connectivity index is 1.81. The molecule has 1 aliphatic heterocycles. The third-order valence-electron chi connectivity index (χ3n) is 3.97. The first-order chi connectivity index (χ1) is 8.44. The van der Waals surface area contributed by atoms with Crippen LogP contribution in [0, 0.1) is 11.8 Å². The van der Waals surface area contributed by atoms with Gasteiger partial charge in [0.15, 0.2) is 9.84 Å². The second-order valence-corrected chi connectivity index (χ2v) is 8.22. The Morgan fingerprint density at radius 2 is 2.11 bits per heavy atom. The molecule has 2 rings (SSSR count). The first-order valence-corrected chi connectivity index (χ1v) is 8.83. The zero-order chi connectivity index (χ0) is 13.2. The van der Waals surface area contributed by atoms with Gasteiger partial charge in [-0.25, -0.2) is 8.42 Å². The van der Waals surface area contributed by atoms with Crippen LogP contribution in [0.1, 0.15) is 46.0 Å². The maximum Gasteiger partial charge on any atom is 0.173 e. The molecule has 3 unspecified atom stereocenters. The standard InChI is InChI=1S/C14H25NO2S/c1-11(2)8-12-4-3-5-13(9-12)15-14-6-7-18(16,17)10-14/h6-7,11-15H,3-5,8-10H2,1-2H3. The lowest BCUT2D eigenvalue weighted by Gasteiger charge is -2.32. The van der Waals surface area contributed by atoms with Gasteiger partial charge in [-0.05, 0) is 31.1 Å². The van der Waals surface area contributed by atoms with Gasteiger partial charge in [0.25, 0.3) is 0 Å². The molecule has 0 aromatic carbocycles. The first-order valence-electron chi connectivity index (χ1n) is 7.11. The van der Waals surface area contributed by atoms with Crippen LogP contribution in [0.4, 0.5) is 0 Å². The molecule has 0 amide bonds. The quantitative estimate of drug-likeness (QED) is 0.854. The largest absolute Gasteiger partial charge is 0.307 e. The molecule has 0 saturated heterocycles. The lowest BCUT2D eigenvalue weighted by molar-refractivity contribution is 0.249. The van der Waals surface area contributed by atoms with Gasteiger partial charge in [-0.2, -0.15) is 0 Å². The second kappa shape index (κ2) is 5.74. The third kappa shape index (κ3) is 4.09. The minimum atomic E-state index is -2.92. The Kier molecular flexibility index (Phi) is 4.49. The van der Waals surface area contributed by atoms with Crippen LogP contribution in [0.5, 0.6) is 0 Å². The molecule has 0 spiro atoms. The maximum absolute atomic E-state index is 11.4. The van der Waals surface area contributed by atoms with Crippen molar-refractivity contribution in [3.63, 3.8) is 0 Å². The van der Waals surface area contributed by atoms with E-state index >= 15 is 0 Å². The number of hydrogen-bond donors (Lipinski definition) is 1. The van der Waals surface area contributed by atoms with Gasteiger partial charge in [0, 0.05) is 17.5 Å². The van der Waals surface area contributed by atoms with E-state index in [0.29, 0.717) is 6.04 Å². The molecule has 1 saturated carbocycles. The molecule has 1 fully saturated rings. The van der Waals surface area contributed by atoms with E-state index in [-0.39, 0.29) is 11.8 Å². The molecule has 2 aliphatic rings. The summed E-state index contributed by atoms with van der Waals surface area (Å²) in [5, 5.41) is 4.87. The SMILES string of the molecule is CC(C)CC1CCCC(NC2C=CS(=O)(=O)C2)C1. The van der Waals surface area contributed by atoms with Gasteiger partial charge in [0.2, 0.25) is 0 Å². The predicted molar refractivity (Wildman–Crippen MR) is 75.1 cm³/mol. The molecule has 18 heavy (non-hydrogen) atoms. The summed E-state index contributed by atoms with van der Waals surface area (Å²) < 4.78 is 22.7. The van der Waals surface area contributed by atoms with Crippen LogP contribution >= 0.6 is 0 Å². The molecule has 0 aromatic heterocycles. The molecule has 1 N–H and O–H groups in total. The smallest absolute Gasteiger partial charge is 0.173 e. The maximum atomic E-state index is 11.4. The zero-order valence-electron chi connectivity index (χ0n) is 11.4. The molecule has 1 heterocycles. The monoisotopic (exact) mass is 271 g/mol. The summed E-state index contributed by atoms with van der Waals surface area (Å²) in [6.45, 7) is 4.56. The van der Waals surface area contributed by atoms with Crippen molar-refractivity contribution in [2.75, 3.05) is 5.75 Å². The van der Waals surface area contributed by atoms with E-state index in [2.05, 4.69) is 19.2 Å². The summed E-state index contributed by atoms with van der Waals surface area (Å²) in [4.78, 5) is 0. The van der Waals surface area contributed by atoms with Gasteiger partial charge >= 0.3 is 0 Å². The van der Waals surface area contributed by atoms with Crippen molar-refractivity contribution in [3.05, 3.63) is 11.5 Å². The van der Waals surface area contributed by atoms with Gasteiger partial charge in [-0.15, -0.1) is 0 Å². The van der Waals surface area contributed by atoms with Crippen molar-refractivity contribution in [2.45, 2.75) is 58.0 Å². The van der Waals surface area contributed by atoms with Crippen LogP contribution in [0.25, 0.3) is 0 Å². The van der Waals surface area contributed by atoms with E-state index in [0.717, 1.165) is 11.8 Å². The zero-order valence-corrected chi connectivity index (χ0v) is 12.2. The highest BCUT2D eigenvalue weighted by Gasteiger charge is 2.27. The normalized spacial score (nSPS) is 35.2. The van der Waals surface area contributed by atoms with E-state index in [4.69, 9.17) is 0 Å². The highest BCUT2D eigenvalue weighted by atomic mass is 32.2. The number of nitrogens with one attached hydrogen (secondary N) is 1. The van der Waals surface area contributed by atoms with E-state index in [1.54, 1.807) is 6.08 Å². The van der Waals surface area contributed by atoms with Crippen LogP contribution in [-0.2, 0) is 9.84 Å². The average molecular weight is 271 g/mol. The van der Waals surface area contributed by atoms with E-state index in [1.807, 2.05) is 0 Å². The molecule has 4 heteroatoms. The summed E-state index contributed by atoms with van der Waals surface area (Å²) in [6.07, 6.45) is 8.13.